The van der Waals surface area contributed by atoms with E-state index in [1.807, 2.05) is 10.3 Å². The van der Waals surface area contributed by atoms with Gasteiger partial charge in [0.25, 0.3) is 0 Å². The molecule has 0 radical (unpaired) electrons. The molecule has 2 N–H and O–H groups in total. The Morgan fingerprint density at radius 3 is 3.12 bits per heavy atom. The lowest BCUT2D eigenvalue weighted by atomic mass is 10.2. The second-order valence-electron chi connectivity index (χ2n) is 6.09. The third-order valence-electron chi connectivity index (χ3n) is 4.28. The van der Waals surface area contributed by atoms with Crippen LogP contribution in [0.4, 0.5) is 5.95 Å². The summed E-state index contributed by atoms with van der Waals surface area (Å²) in [4.78, 5) is 22.2. The van der Waals surface area contributed by atoms with Crippen LogP contribution >= 0.6 is 11.8 Å². The van der Waals surface area contributed by atoms with E-state index in [1.54, 1.807) is 12.3 Å². The third kappa shape index (κ3) is 4.35. The number of likely N-dealkylation sites (tertiary alicyclic amines) is 1. The molecule has 2 aliphatic heterocycles. The van der Waals surface area contributed by atoms with E-state index in [9.17, 15) is 10.1 Å². The van der Waals surface area contributed by atoms with Gasteiger partial charge >= 0.3 is 0 Å². The van der Waals surface area contributed by atoms with E-state index >= 15 is 0 Å². The smallest absolute Gasteiger partial charge is 0.223 e. The number of thioether (sulfide) groups is 1. The summed E-state index contributed by atoms with van der Waals surface area (Å²) < 4.78 is 0. The molecular formula is C18H22N6OS. The quantitative estimate of drug-likeness (QED) is 0.563. The number of amides is 1. The zero-order chi connectivity index (χ0) is 18.4. The van der Waals surface area contributed by atoms with Gasteiger partial charge in [0.05, 0.1) is 10.7 Å². The predicted octanol–water partition coefficient (Wildman–Crippen LogP) is 2.68. The number of carbonyl (C=O) groups is 1. The summed E-state index contributed by atoms with van der Waals surface area (Å²) in [5.74, 6) is 0.741. The highest BCUT2D eigenvalue weighted by Gasteiger charge is 2.19. The minimum Gasteiger partial charge on any atom is -0.354 e. The van der Waals surface area contributed by atoms with Gasteiger partial charge in [-0.3, -0.25) is 4.79 Å². The van der Waals surface area contributed by atoms with Crippen LogP contribution in [0.3, 0.4) is 0 Å². The molecule has 1 saturated heterocycles. The Labute approximate surface area is 157 Å². The molecule has 7 nitrogen and oxygen atoms in total. The molecule has 0 saturated carbocycles. The Morgan fingerprint density at radius 2 is 2.42 bits per heavy atom. The largest absolute Gasteiger partial charge is 0.354 e. The van der Waals surface area contributed by atoms with Crippen molar-refractivity contribution in [2.24, 2.45) is 0 Å². The highest BCUT2D eigenvalue weighted by atomic mass is 32.2. The Morgan fingerprint density at radius 1 is 1.54 bits per heavy atom. The number of carbonyl (C=O) groups excluding carboxylic acids is 1. The maximum atomic E-state index is 11.6. The van der Waals surface area contributed by atoms with Gasteiger partial charge in [-0.2, -0.15) is 5.26 Å². The first kappa shape index (κ1) is 18.3. The van der Waals surface area contributed by atoms with Crippen LogP contribution in [0.1, 0.15) is 38.3 Å². The number of hydrogen-bond donors (Lipinski definition) is 2. The van der Waals surface area contributed by atoms with Gasteiger partial charge in [-0.05, 0) is 30.7 Å². The van der Waals surface area contributed by atoms with Crippen molar-refractivity contribution in [3.63, 3.8) is 0 Å². The van der Waals surface area contributed by atoms with Crippen LogP contribution in [0.5, 0.6) is 0 Å². The Balaban J connectivity index is 1.58. The van der Waals surface area contributed by atoms with E-state index in [1.165, 1.54) is 11.8 Å². The van der Waals surface area contributed by atoms with Gasteiger partial charge in [0.1, 0.15) is 11.6 Å². The van der Waals surface area contributed by atoms with Crippen LogP contribution < -0.4 is 10.6 Å². The summed E-state index contributed by atoms with van der Waals surface area (Å²) in [5.41, 5.74) is 2.21. The zero-order valence-corrected chi connectivity index (χ0v) is 15.6. The van der Waals surface area contributed by atoms with Crippen molar-refractivity contribution < 1.29 is 4.79 Å². The molecule has 0 spiro atoms. The summed E-state index contributed by atoms with van der Waals surface area (Å²) in [6, 6.07) is 3.98. The fourth-order valence-corrected chi connectivity index (χ4v) is 3.79. The molecule has 0 bridgehead atoms. The van der Waals surface area contributed by atoms with Gasteiger partial charge in [-0.1, -0.05) is 18.7 Å². The number of nitrogens with one attached hydrogen (secondary N) is 2. The van der Waals surface area contributed by atoms with Crippen molar-refractivity contribution in [1.82, 2.24) is 20.2 Å². The topological polar surface area (TPSA) is 93.9 Å². The van der Waals surface area contributed by atoms with E-state index in [4.69, 9.17) is 0 Å². The van der Waals surface area contributed by atoms with E-state index in [0.717, 1.165) is 43.1 Å². The summed E-state index contributed by atoms with van der Waals surface area (Å²) >= 11 is 1.51. The molecule has 0 aliphatic carbocycles. The molecular weight excluding hydrogens is 348 g/mol. The first-order chi connectivity index (χ1) is 12.7. The Kier molecular flexibility index (Phi) is 6.12. The minimum atomic E-state index is 0.246. The fraction of sp³-hybridized carbons (Fsp3) is 0.444. The molecule has 1 amide bonds. The molecule has 1 fully saturated rings. The summed E-state index contributed by atoms with van der Waals surface area (Å²) in [5, 5.41) is 18.8. The first-order valence-electron chi connectivity index (χ1n) is 8.83. The van der Waals surface area contributed by atoms with Crippen LogP contribution in [-0.4, -0.2) is 40.4 Å². The van der Waals surface area contributed by atoms with Gasteiger partial charge < -0.3 is 15.5 Å². The molecule has 26 heavy (non-hydrogen) atoms. The van der Waals surface area contributed by atoms with Crippen LogP contribution in [0.25, 0.3) is 5.57 Å². The van der Waals surface area contributed by atoms with Gasteiger partial charge in [-0.15, -0.1) is 0 Å². The average molecular weight is 370 g/mol. The highest BCUT2D eigenvalue weighted by Crippen LogP contribution is 2.31. The van der Waals surface area contributed by atoms with Crippen molar-refractivity contribution in [3.05, 3.63) is 34.1 Å². The minimum absolute atomic E-state index is 0.246. The van der Waals surface area contributed by atoms with E-state index in [-0.39, 0.29) is 5.91 Å². The van der Waals surface area contributed by atoms with Crippen LogP contribution in [0, 0.1) is 11.3 Å². The molecule has 2 aliphatic rings. The maximum Gasteiger partial charge on any atom is 0.223 e. The highest BCUT2D eigenvalue weighted by molar-refractivity contribution is 8.06. The third-order valence-corrected chi connectivity index (χ3v) is 5.23. The SMILES string of the molecule is CCC1=CS/C(=C(/C#N)c2ccnc(NCCCN3CCCC3=O)n2)N1. The van der Waals surface area contributed by atoms with E-state index in [2.05, 4.69) is 33.6 Å². The summed E-state index contributed by atoms with van der Waals surface area (Å²) in [6.45, 7) is 4.37. The lowest BCUT2D eigenvalue weighted by Gasteiger charge is -2.15. The summed E-state index contributed by atoms with van der Waals surface area (Å²) in [6.07, 6.45) is 5.02. The van der Waals surface area contributed by atoms with Crippen LogP contribution in [0.15, 0.2) is 28.4 Å². The number of anilines is 1. The summed E-state index contributed by atoms with van der Waals surface area (Å²) in [7, 11) is 0. The lowest BCUT2D eigenvalue weighted by molar-refractivity contribution is -0.127. The predicted molar refractivity (Wildman–Crippen MR) is 103 cm³/mol. The molecule has 1 aromatic rings. The number of nitrogens with zero attached hydrogens (tertiary/aromatic N) is 4. The molecule has 8 heteroatoms. The average Bonchev–Trinajstić information content (AvgIpc) is 3.29. The zero-order valence-electron chi connectivity index (χ0n) is 14.8. The van der Waals surface area contributed by atoms with E-state index < -0.39 is 0 Å². The molecule has 0 atom stereocenters. The van der Waals surface area contributed by atoms with Gasteiger partial charge in [-0.25, -0.2) is 9.97 Å². The first-order valence-corrected chi connectivity index (χ1v) is 9.71. The van der Waals surface area contributed by atoms with Crippen molar-refractivity contribution in [2.75, 3.05) is 25.0 Å². The van der Waals surface area contributed by atoms with Crippen molar-refractivity contribution in [2.45, 2.75) is 32.6 Å². The van der Waals surface area contributed by atoms with Crippen molar-refractivity contribution in [3.8, 4) is 6.07 Å². The lowest BCUT2D eigenvalue weighted by Crippen LogP contribution is -2.27. The second kappa shape index (κ2) is 8.72. The maximum absolute atomic E-state index is 11.6. The molecule has 136 valence electrons. The molecule has 0 aromatic carbocycles. The molecule has 0 unspecified atom stereocenters. The Hall–Kier alpha value is -2.53. The van der Waals surface area contributed by atoms with Gasteiger partial charge in [0, 0.05) is 37.9 Å². The van der Waals surface area contributed by atoms with Crippen molar-refractivity contribution in [1.29, 1.82) is 5.26 Å². The normalized spacial score (nSPS) is 18.4. The van der Waals surface area contributed by atoms with Crippen LogP contribution in [-0.2, 0) is 4.79 Å². The number of rotatable bonds is 7. The number of hydrogen-bond acceptors (Lipinski definition) is 7. The monoisotopic (exact) mass is 370 g/mol. The fourth-order valence-electron chi connectivity index (χ4n) is 2.85. The number of nitriles is 1. The van der Waals surface area contributed by atoms with Gasteiger partial charge in [0.15, 0.2) is 0 Å². The van der Waals surface area contributed by atoms with E-state index in [0.29, 0.717) is 30.2 Å². The number of allylic oxidation sites excluding steroid dienone is 2. The molecule has 3 rings (SSSR count). The van der Waals surface area contributed by atoms with Gasteiger partial charge in [0.2, 0.25) is 11.9 Å². The molecule has 3 heterocycles. The Bertz CT molecular complexity index is 782. The standard InChI is InChI=1S/C18H22N6OS/c1-2-13-12-26-17(22-13)14(11-19)15-6-8-21-18(23-15)20-7-4-10-24-9-3-5-16(24)25/h6,8,12,22H,2-5,7,9-10H2,1H3,(H,20,21,23)/b17-14-. The number of aromatic nitrogens is 2. The van der Waals surface area contributed by atoms with Crippen LogP contribution in [0.2, 0.25) is 0 Å². The van der Waals surface area contributed by atoms with Crippen molar-refractivity contribution >= 4 is 29.2 Å². The molecule has 1 aromatic heterocycles. The second-order valence-corrected chi connectivity index (χ2v) is 6.97.